The fraction of sp³-hybridized carbons (Fsp3) is 0.357. The molecule has 0 saturated heterocycles. The first kappa shape index (κ1) is 26.3. The fourth-order valence-corrected chi connectivity index (χ4v) is 5.44. The summed E-state index contributed by atoms with van der Waals surface area (Å²) in [4.78, 5) is 27.1. The number of Topliss-reactive ketones (excluding diaryl/α,β-unsaturated/α-hetero) is 1. The lowest BCUT2D eigenvalue weighted by Gasteiger charge is -2.37. The van der Waals surface area contributed by atoms with E-state index in [1.165, 1.54) is 7.11 Å². The Morgan fingerprint density at radius 2 is 1.89 bits per heavy atom. The molecule has 2 N–H and O–H groups in total. The number of carbonyl (C=O) groups excluding carboxylic acids is 2. The molecule has 0 aromatic heterocycles. The fourth-order valence-electron chi connectivity index (χ4n) is 4.85. The molecule has 0 amide bonds. The monoisotopic (exact) mass is 573 g/mol. The van der Waals surface area contributed by atoms with Crippen molar-refractivity contribution in [1.29, 1.82) is 0 Å². The Morgan fingerprint density at radius 1 is 1.19 bits per heavy atom. The number of benzene rings is 2. The molecule has 0 saturated carbocycles. The maximum atomic E-state index is 13.7. The molecule has 2 aliphatic rings. The molecule has 36 heavy (non-hydrogen) atoms. The van der Waals surface area contributed by atoms with Gasteiger partial charge in [0, 0.05) is 34.3 Å². The molecule has 2 atom stereocenters. The van der Waals surface area contributed by atoms with E-state index in [0.717, 1.165) is 11.3 Å². The number of methoxy groups -OCH3 is 1. The second-order valence-corrected chi connectivity index (χ2v) is 10.9. The highest BCUT2D eigenvalue weighted by molar-refractivity contribution is 9.10. The van der Waals surface area contributed by atoms with Crippen molar-refractivity contribution in [2.45, 2.75) is 45.4 Å². The van der Waals surface area contributed by atoms with Crippen molar-refractivity contribution in [3.05, 3.63) is 79.6 Å². The summed E-state index contributed by atoms with van der Waals surface area (Å²) in [6, 6.07) is 11.0. The topological polar surface area (TPSA) is 84.9 Å². The molecule has 2 aromatic rings. The summed E-state index contributed by atoms with van der Waals surface area (Å²) in [5.74, 6) is -0.823. The quantitative estimate of drug-likeness (QED) is 0.390. The van der Waals surface area contributed by atoms with Gasteiger partial charge in [0.05, 0.1) is 23.8 Å². The number of carbonyl (C=O) groups is 2. The first-order valence-electron chi connectivity index (χ1n) is 11.8. The maximum Gasteiger partial charge on any atom is 0.336 e. The number of ketones is 1. The van der Waals surface area contributed by atoms with Gasteiger partial charge >= 0.3 is 5.97 Å². The average molecular weight is 575 g/mol. The van der Waals surface area contributed by atoms with Crippen molar-refractivity contribution in [1.82, 2.24) is 5.32 Å². The molecular weight excluding hydrogens is 546 g/mol. The molecule has 0 spiro atoms. The number of phenols is 1. The molecule has 6 nitrogen and oxygen atoms in total. The summed E-state index contributed by atoms with van der Waals surface area (Å²) in [5, 5.41) is 14.4. The molecule has 1 aliphatic carbocycles. The number of aromatic hydroxyl groups is 1. The minimum atomic E-state index is -0.662. The molecule has 4 rings (SSSR count). The standard InChI is InChI=1S/C28H29BrClNO5/c1-14(2)13-36-28(34)24-15(3)31-21-10-17(16-5-7-19(30)8-6-16)11-22(32)26(21)25(24)18-9-20(29)27(33)23(12-18)35-4/h5-9,12,14,17,25,31,33H,10-11,13H2,1-4H3/t17-,25-/m0/s1. The van der Waals surface area contributed by atoms with Gasteiger partial charge in [0.15, 0.2) is 17.3 Å². The predicted molar refractivity (Wildman–Crippen MR) is 142 cm³/mol. The summed E-state index contributed by atoms with van der Waals surface area (Å²) in [6.45, 7) is 6.03. The minimum absolute atomic E-state index is 0.00926. The number of halogens is 2. The molecule has 190 valence electrons. The highest BCUT2D eigenvalue weighted by atomic mass is 79.9. The van der Waals surface area contributed by atoms with E-state index in [-0.39, 0.29) is 35.7 Å². The van der Waals surface area contributed by atoms with Crippen LogP contribution in [-0.2, 0) is 14.3 Å². The van der Waals surface area contributed by atoms with E-state index >= 15 is 0 Å². The number of hydrogen-bond acceptors (Lipinski definition) is 6. The highest BCUT2D eigenvalue weighted by Crippen LogP contribution is 2.48. The molecular formula is C28H29BrClNO5. The Bertz CT molecular complexity index is 1270. The molecule has 0 radical (unpaired) electrons. The Morgan fingerprint density at radius 3 is 2.53 bits per heavy atom. The normalized spacial score (nSPS) is 19.8. The third-order valence-corrected chi connectivity index (χ3v) is 7.40. The number of dihydropyridines is 1. The van der Waals surface area contributed by atoms with E-state index in [4.69, 9.17) is 21.1 Å². The molecule has 8 heteroatoms. The first-order chi connectivity index (χ1) is 17.1. The van der Waals surface area contributed by atoms with Crippen molar-refractivity contribution >= 4 is 39.3 Å². The maximum absolute atomic E-state index is 13.7. The number of nitrogens with one attached hydrogen (secondary N) is 1. The number of phenolic OH excluding ortho intramolecular Hbond substituents is 1. The Hall–Kier alpha value is -2.77. The largest absolute Gasteiger partial charge is 0.503 e. The van der Waals surface area contributed by atoms with Crippen molar-refractivity contribution in [3.63, 3.8) is 0 Å². The van der Waals surface area contributed by atoms with Gasteiger partial charge in [0.1, 0.15) is 0 Å². The zero-order valence-electron chi connectivity index (χ0n) is 20.7. The lowest BCUT2D eigenvalue weighted by atomic mass is 9.71. The van der Waals surface area contributed by atoms with Gasteiger partial charge in [0.25, 0.3) is 0 Å². The first-order valence-corrected chi connectivity index (χ1v) is 13.0. The van der Waals surface area contributed by atoms with E-state index < -0.39 is 11.9 Å². The summed E-state index contributed by atoms with van der Waals surface area (Å²) in [7, 11) is 1.46. The Labute approximate surface area is 224 Å². The van der Waals surface area contributed by atoms with Gasteiger partial charge in [-0.3, -0.25) is 4.79 Å². The van der Waals surface area contributed by atoms with E-state index in [0.29, 0.717) is 44.7 Å². The third-order valence-electron chi connectivity index (χ3n) is 6.54. The van der Waals surface area contributed by atoms with E-state index in [1.54, 1.807) is 12.1 Å². The lowest BCUT2D eigenvalue weighted by Crippen LogP contribution is -2.36. The van der Waals surface area contributed by atoms with Crippen molar-refractivity contribution in [2.75, 3.05) is 13.7 Å². The molecule has 0 bridgehead atoms. The van der Waals surface area contributed by atoms with Gasteiger partial charge in [-0.25, -0.2) is 4.79 Å². The van der Waals surface area contributed by atoms with E-state index in [1.807, 2.05) is 45.0 Å². The Kier molecular flexibility index (Phi) is 7.81. The van der Waals surface area contributed by atoms with E-state index in [9.17, 15) is 14.7 Å². The second-order valence-electron chi connectivity index (χ2n) is 9.61. The molecule has 0 fully saturated rings. The number of esters is 1. The zero-order chi connectivity index (χ0) is 26.1. The summed E-state index contributed by atoms with van der Waals surface area (Å²) in [6.07, 6.45) is 0.920. The molecule has 1 heterocycles. The van der Waals surface area contributed by atoms with Crippen LogP contribution in [0.25, 0.3) is 0 Å². The van der Waals surface area contributed by atoms with Crippen LogP contribution in [0, 0.1) is 5.92 Å². The van der Waals surface area contributed by atoms with Crippen LogP contribution in [0.1, 0.15) is 56.6 Å². The Balaban J connectivity index is 1.82. The van der Waals surface area contributed by atoms with Gasteiger partial charge in [0.2, 0.25) is 0 Å². The number of ether oxygens (including phenoxy) is 2. The number of rotatable bonds is 6. The second kappa shape index (κ2) is 10.7. The summed E-state index contributed by atoms with van der Waals surface area (Å²) >= 11 is 9.45. The van der Waals surface area contributed by atoms with Gasteiger partial charge < -0.3 is 19.9 Å². The van der Waals surface area contributed by atoms with Gasteiger partial charge in [-0.1, -0.05) is 37.6 Å². The minimum Gasteiger partial charge on any atom is -0.503 e. The average Bonchev–Trinajstić information content (AvgIpc) is 2.83. The van der Waals surface area contributed by atoms with Crippen LogP contribution in [0.5, 0.6) is 11.5 Å². The molecule has 0 unspecified atom stereocenters. The molecule has 2 aromatic carbocycles. The van der Waals surface area contributed by atoms with Gasteiger partial charge in [-0.15, -0.1) is 0 Å². The van der Waals surface area contributed by atoms with Crippen LogP contribution >= 0.6 is 27.5 Å². The predicted octanol–water partition coefficient (Wildman–Crippen LogP) is 6.38. The van der Waals surface area contributed by atoms with Crippen LogP contribution < -0.4 is 10.1 Å². The van der Waals surface area contributed by atoms with Crippen LogP contribution in [0.4, 0.5) is 0 Å². The van der Waals surface area contributed by atoms with Crippen LogP contribution in [0.2, 0.25) is 5.02 Å². The number of allylic oxidation sites excluding steroid dienone is 3. The van der Waals surface area contributed by atoms with E-state index in [2.05, 4.69) is 21.2 Å². The van der Waals surface area contributed by atoms with Crippen molar-refractivity contribution in [3.8, 4) is 11.5 Å². The van der Waals surface area contributed by atoms with Crippen molar-refractivity contribution in [2.24, 2.45) is 5.92 Å². The van der Waals surface area contributed by atoms with Gasteiger partial charge in [-0.2, -0.15) is 0 Å². The summed E-state index contributed by atoms with van der Waals surface area (Å²) < 4.78 is 11.4. The number of hydrogen-bond donors (Lipinski definition) is 2. The van der Waals surface area contributed by atoms with Gasteiger partial charge in [-0.05, 0) is 76.5 Å². The van der Waals surface area contributed by atoms with Crippen LogP contribution in [0.15, 0.2) is 63.4 Å². The van der Waals surface area contributed by atoms with Crippen LogP contribution in [-0.4, -0.2) is 30.6 Å². The molecule has 1 aliphatic heterocycles. The third kappa shape index (κ3) is 5.18. The SMILES string of the molecule is COc1cc([C@H]2C(C(=O)OCC(C)C)=C(C)NC3=C2C(=O)C[C@@H](c2ccc(Cl)cc2)C3)cc(Br)c1O. The zero-order valence-corrected chi connectivity index (χ0v) is 23.0. The smallest absolute Gasteiger partial charge is 0.336 e. The highest BCUT2D eigenvalue weighted by Gasteiger charge is 2.42. The summed E-state index contributed by atoms with van der Waals surface area (Å²) in [5.41, 5.74) is 4.04. The lowest BCUT2D eigenvalue weighted by molar-refractivity contribution is -0.140. The van der Waals surface area contributed by atoms with Crippen LogP contribution in [0.3, 0.4) is 0 Å². The van der Waals surface area contributed by atoms with Crippen molar-refractivity contribution < 1.29 is 24.2 Å².